The lowest BCUT2D eigenvalue weighted by atomic mass is 9.90. The van der Waals surface area contributed by atoms with Crippen LogP contribution in [0.1, 0.15) is 29.9 Å². The summed E-state index contributed by atoms with van der Waals surface area (Å²) in [5, 5.41) is 0. The number of hydrogen-bond donors (Lipinski definition) is 0. The quantitative estimate of drug-likeness (QED) is 0.706. The Kier molecular flexibility index (Phi) is 2.11. The first-order valence-electron chi connectivity index (χ1n) is 6.28. The molecule has 2 heteroatoms. The standard InChI is InChI=1S/C14H20OSi/c1-16(2,3)15-14-9-8-11-6-4-5-7-12(11)13(14)10-14/h4-7,13H,8-10H2,1-3H3. The largest absolute Gasteiger partial charge is 0.411 e. The van der Waals surface area contributed by atoms with Crippen LogP contribution in [0, 0.1) is 0 Å². The Balaban J connectivity index is 1.88. The third-order valence-electron chi connectivity index (χ3n) is 3.78. The average molecular weight is 232 g/mol. The van der Waals surface area contributed by atoms with E-state index in [4.69, 9.17) is 4.43 Å². The van der Waals surface area contributed by atoms with Crippen molar-refractivity contribution >= 4 is 8.32 Å². The van der Waals surface area contributed by atoms with Gasteiger partial charge >= 0.3 is 0 Å². The predicted octanol–water partition coefficient (Wildman–Crippen LogP) is 3.71. The minimum atomic E-state index is -1.40. The lowest BCUT2D eigenvalue weighted by Gasteiger charge is -2.31. The second-order valence-electron chi connectivity index (χ2n) is 6.23. The minimum Gasteiger partial charge on any atom is -0.411 e. The van der Waals surface area contributed by atoms with Crippen molar-refractivity contribution in [3.05, 3.63) is 35.4 Å². The van der Waals surface area contributed by atoms with E-state index in [9.17, 15) is 0 Å². The summed E-state index contributed by atoms with van der Waals surface area (Å²) in [7, 11) is -1.40. The van der Waals surface area contributed by atoms with Gasteiger partial charge in [-0.05, 0) is 50.0 Å². The Bertz CT molecular complexity index is 421. The Labute approximate surface area is 99.0 Å². The molecule has 1 fully saturated rings. The summed E-state index contributed by atoms with van der Waals surface area (Å²) < 4.78 is 6.44. The zero-order valence-corrected chi connectivity index (χ0v) is 11.4. The summed E-state index contributed by atoms with van der Waals surface area (Å²) in [6.45, 7) is 6.91. The summed E-state index contributed by atoms with van der Waals surface area (Å²) >= 11 is 0. The van der Waals surface area contributed by atoms with Gasteiger partial charge in [0.05, 0.1) is 5.60 Å². The molecule has 1 aromatic rings. The monoisotopic (exact) mass is 232 g/mol. The Morgan fingerprint density at radius 2 is 2.00 bits per heavy atom. The fourth-order valence-electron chi connectivity index (χ4n) is 3.18. The van der Waals surface area contributed by atoms with E-state index in [-0.39, 0.29) is 5.60 Å². The molecule has 0 amide bonds. The SMILES string of the molecule is C[Si](C)(C)OC12CCc3ccccc3C1C2. The summed E-state index contributed by atoms with van der Waals surface area (Å²) in [4.78, 5) is 0. The normalized spacial score (nSPS) is 31.8. The molecule has 1 aromatic carbocycles. The molecule has 0 heterocycles. The van der Waals surface area contributed by atoms with Crippen molar-refractivity contribution in [2.24, 2.45) is 0 Å². The number of rotatable bonds is 2. The summed E-state index contributed by atoms with van der Waals surface area (Å²) in [6.07, 6.45) is 3.70. The van der Waals surface area contributed by atoms with Crippen LogP contribution in [0.4, 0.5) is 0 Å². The van der Waals surface area contributed by atoms with Crippen LogP contribution in [0.2, 0.25) is 19.6 Å². The van der Waals surface area contributed by atoms with Crippen molar-refractivity contribution in [3.63, 3.8) is 0 Å². The van der Waals surface area contributed by atoms with E-state index in [0.29, 0.717) is 5.92 Å². The number of benzene rings is 1. The topological polar surface area (TPSA) is 9.23 Å². The van der Waals surface area contributed by atoms with Crippen molar-refractivity contribution in [2.45, 2.75) is 50.4 Å². The molecule has 2 aliphatic carbocycles. The summed E-state index contributed by atoms with van der Waals surface area (Å²) in [5.41, 5.74) is 3.35. The third kappa shape index (κ3) is 1.64. The first-order valence-corrected chi connectivity index (χ1v) is 9.69. The van der Waals surface area contributed by atoms with Gasteiger partial charge in [0, 0.05) is 5.92 Å². The number of aryl methyl sites for hydroxylation is 1. The Hall–Kier alpha value is -0.603. The van der Waals surface area contributed by atoms with E-state index in [1.807, 2.05) is 0 Å². The summed E-state index contributed by atoms with van der Waals surface area (Å²) in [5.74, 6) is 0.698. The molecule has 0 spiro atoms. The molecule has 0 aromatic heterocycles. The maximum absolute atomic E-state index is 6.44. The molecule has 16 heavy (non-hydrogen) atoms. The van der Waals surface area contributed by atoms with Crippen LogP contribution in [0.5, 0.6) is 0 Å². The van der Waals surface area contributed by atoms with E-state index in [2.05, 4.69) is 43.9 Å². The van der Waals surface area contributed by atoms with Gasteiger partial charge in [-0.15, -0.1) is 0 Å². The van der Waals surface area contributed by atoms with E-state index in [1.54, 1.807) is 11.1 Å². The van der Waals surface area contributed by atoms with Gasteiger partial charge in [-0.1, -0.05) is 24.3 Å². The first kappa shape index (κ1) is 10.5. The van der Waals surface area contributed by atoms with E-state index in [0.717, 1.165) is 0 Å². The molecule has 86 valence electrons. The van der Waals surface area contributed by atoms with Gasteiger partial charge in [0.15, 0.2) is 8.32 Å². The molecular formula is C14H20OSi. The van der Waals surface area contributed by atoms with Gasteiger partial charge in [-0.2, -0.15) is 0 Å². The van der Waals surface area contributed by atoms with E-state index < -0.39 is 8.32 Å². The molecule has 3 rings (SSSR count). The first-order chi connectivity index (χ1) is 7.50. The second kappa shape index (κ2) is 3.20. The van der Waals surface area contributed by atoms with Crippen LogP contribution in [0.3, 0.4) is 0 Å². The molecule has 2 unspecified atom stereocenters. The van der Waals surface area contributed by atoms with Gasteiger partial charge < -0.3 is 4.43 Å². The van der Waals surface area contributed by atoms with Gasteiger partial charge in [0.1, 0.15) is 0 Å². The molecule has 0 bridgehead atoms. The smallest absolute Gasteiger partial charge is 0.184 e. The summed E-state index contributed by atoms with van der Waals surface area (Å²) in [6, 6.07) is 8.91. The molecule has 2 atom stereocenters. The van der Waals surface area contributed by atoms with Crippen molar-refractivity contribution < 1.29 is 4.43 Å². The van der Waals surface area contributed by atoms with Crippen molar-refractivity contribution in [1.29, 1.82) is 0 Å². The zero-order chi connectivity index (χ0) is 11.4. The highest BCUT2D eigenvalue weighted by atomic mass is 28.4. The van der Waals surface area contributed by atoms with Gasteiger partial charge in [0.2, 0.25) is 0 Å². The molecule has 0 N–H and O–H groups in total. The number of fused-ring (bicyclic) bond motifs is 3. The fourth-order valence-corrected chi connectivity index (χ4v) is 4.73. The van der Waals surface area contributed by atoms with Crippen LogP contribution in [0.25, 0.3) is 0 Å². The highest BCUT2D eigenvalue weighted by Gasteiger charge is 2.59. The van der Waals surface area contributed by atoms with Crippen molar-refractivity contribution in [1.82, 2.24) is 0 Å². The lowest BCUT2D eigenvalue weighted by Crippen LogP contribution is -2.36. The van der Waals surface area contributed by atoms with Crippen molar-refractivity contribution in [3.8, 4) is 0 Å². The highest BCUT2D eigenvalue weighted by molar-refractivity contribution is 6.69. The van der Waals surface area contributed by atoms with Crippen molar-refractivity contribution in [2.75, 3.05) is 0 Å². The minimum absolute atomic E-state index is 0.235. The maximum atomic E-state index is 6.44. The van der Waals surface area contributed by atoms with Crippen LogP contribution >= 0.6 is 0 Å². The van der Waals surface area contributed by atoms with Gasteiger partial charge in [-0.25, -0.2) is 0 Å². The molecule has 0 aliphatic heterocycles. The van der Waals surface area contributed by atoms with E-state index in [1.165, 1.54) is 19.3 Å². The van der Waals surface area contributed by atoms with Crippen LogP contribution in [-0.4, -0.2) is 13.9 Å². The molecule has 0 radical (unpaired) electrons. The molecule has 0 saturated heterocycles. The third-order valence-corrected chi connectivity index (χ3v) is 4.80. The molecule has 2 aliphatic rings. The number of hydrogen-bond acceptors (Lipinski definition) is 1. The molecule has 1 saturated carbocycles. The lowest BCUT2D eigenvalue weighted by molar-refractivity contribution is 0.148. The van der Waals surface area contributed by atoms with E-state index >= 15 is 0 Å². The average Bonchev–Trinajstić information content (AvgIpc) is 2.90. The maximum Gasteiger partial charge on any atom is 0.184 e. The molecule has 1 nitrogen and oxygen atoms in total. The molecular weight excluding hydrogens is 212 g/mol. The van der Waals surface area contributed by atoms with Crippen LogP contribution in [0.15, 0.2) is 24.3 Å². The zero-order valence-electron chi connectivity index (χ0n) is 10.4. The van der Waals surface area contributed by atoms with Gasteiger partial charge in [0.25, 0.3) is 0 Å². The Morgan fingerprint density at radius 1 is 1.25 bits per heavy atom. The van der Waals surface area contributed by atoms with Crippen LogP contribution in [-0.2, 0) is 10.8 Å². The second-order valence-corrected chi connectivity index (χ2v) is 10.7. The highest BCUT2D eigenvalue weighted by Crippen LogP contribution is 2.61. The predicted molar refractivity (Wildman–Crippen MR) is 69.3 cm³/mol. The van der Waals surface area contributed by atoms with Crippen LogP contribution < -0.4 is 0 Å². The Morgan fingerprint density at radius 3 is 2.75 bits per heavy atom. The van der Waals surface area contributed by atoms with Gasteiger partial charge in [-0.3, -0.25) is 0 Å². The fraction of sp³-hybridized carbons (Fsp3) is 0.571.